The molecule has 3 N–H and O–H groups in total. The highest BCUT2D eigenvalue weighted by atomic mass is 32.2. The van der Waals surface area contributed by atoms with Gasteiger partial charge in [-0.3, -0.25) is 22.9 Å². The Kier molecular flexibility index (Phi) is 9.45. The highest BCUT2D eigenvalue weighted by Crippen LogP contribution is 2.59. The second-order valence-corrected chi connectivity index (χ2v) is 12.7. The summed E-state index contributed by atoms with van der Waals surface area (Å²) in [6, 6.07) is 0. The molecule has 41 heavy (non-hydrogen) atoms. The highest BCUT2D eigenvalue weighted by molar-refractivity contribution is 8.13. The summed E-state index contributed by atoms with van der Waals surface area (Å²) >= 11 is 0.931. The van der Waals surface area contributed by atoms with E-state index in [0.29, 0.717) is 6.61 Å². The normalized spacial score (nSPS) is 27.9. The number of amides is 1. The van der Waals surface area contributed by atoms with E-state index in [1.807, 2.05) is 0 Å². The van der Waals surface area contributed by atoms with Gasteiger partial charge in [0.05, 0.1) is 38.2 Å². The molecule has 0 radical (unpaired) electrons. The van der Waals surface area contributed by atoms with Crippen LogP contribution < -0.4 is 15.8 Å². The molecular weight excluding hydrogens is 586 g/mol. The summed E-state index contributed by atoms with van der Waals surface area (Å²) in [5, 5.41) is 2.31. The van der Waals surface area contributed by atoms with Crippen LogP contribution in [0.2, 0.25) is 0 Å². The van der Waals surface area contributed by atoms with Crippen LogP contribution in [0.15, 0.2) is 6.33 Å². The van der Waals surface area contributed by atoms with Crippen LogP contribution in [0.25, 0.3) is 11.2 Å². The molecule has 2 fully saturated rings. The van der Waals surface area contributed by atoms with Gasteiger partial charge in [-0.15, -0.1) is 0 Å². The lowest BCUT2D eigenvalue weighted by atomic mass is 9.96. The minimum Gasteiger partial charge on any atom is -0.476 e. The Hall–Kier alpha value is -2.56. The molecule has 0 saturated carbocycles. The predicted molar refractivity (Wildman–Crippen MR) is 145 cm³/mol. The topological polar surface area (TPSA) is 188 Å². The van der Waals surface area contributed by atoms with Crippen molar-refractivity contribution in [1.82, 2.24) is 24.8 Å². The minimum atomic E-state index is -4.18. The summed E-state index contributed by atoms with van der Waals surface area (Å²) in [7, 11) is -4.18. The zero-order chi connectivity index (χ0) is 30.0. The first-order valence-corrected chi connectivity index (χ1v) is 15.4. The van der Waals surface area contributed by atoms with E-state index in [9.17, 15) is 14.2 Å². The van der Waals surface area contributed by atoms with Crippen LogP contribution in [-0.2, 0) is 32.4 Å². The summed E-state index contributed by atoms with van der Waals surface area (Å²) in [5.74, 6) is 0.173. The number of nitrogens with one attached hydrogen (secondary N) is 1. The van der Waals surface area contributed by atoms with E-state index in [-0.39, 0.29) is 60.2 Å². The van der Waals surface area contributed by atoms with Gasteiger partial charge in [0.2, 0.25) is 11.8 Å². The number of halogens is 1. The number of fused-ring (bicyclic) bond motifs is 2. The van der Waals surface area contributed by atoms with E-state index in [4.69, 9.17) is 33.5 Å². The highest BCUT2D eigenvalue weighted by Gasteiger charge is 2.61. The fourth-order valence-corrected chi connectivity index (χ4v) is 6.65. The number of thioether (sulfide) groups is 1. The number of ether oxygens (including phenoxy) is 3. The van der Waals surface area contributed by atoms with Gasteiger partial charge in [-0.1, -0.05) is 25.6 Å². The molecule has 4 rings (SSSR count). The van der Waals surface area contributed by atoms with Crippen molar-refractivity contribution in [1.29, 1.82) is 0 Å². The van der Waals surface area contributed by atoms with Gasteiger partial charge in [0.15, 0.2) is 28.2 Å². The number of hydrogen-bond acceptors (Lipinski definition) is 14. The first-order valence-electron chi connectivity index (χ1n) is 12.9. The summed E-state index contributed by atoms with van der Waals surface area (Å²) in [6.07, 6.45) is -2.78. The Morgan fingerprint density at radius 1 is 1.34 bits per heavy atom. The number of hydrogen-bond donors (Lipinski definition) is 2. The number of imidazole rings is 1. The second-order valence-electron chi connectivity index (χ2n) is 10.0. The number of aromatic nitrogens is 4. The molecule has 1 amide bonds. The average molecular weight is 621 g/mol. The van der Waals surface area contributed by atoms with Crippen LogP contribution in [0, 0.1) is 5.41 Å². The standard InChI is InChI=1S/C23H34FN6O9PS/c1-6-34-17-14-16(28-20(25)29-17)30(12-27-14)18-23(5,24)15-13(38-18)10-37-40(33,39-15)36-8-9-41-19(31)22(3,4)11-26-21(32)35-7-2/h12-13,15,18H,6-11H2,1-5H3,(H,26,32)(H2,25,28,29)/t13-,15-,18-,23-,40-/m1/s1. The largest absolute Gasteiger partial charge is 0.476 e. The third kappa shape index (κ3) is 6.75. The lowest BCUT2D eigenvalue weighted by molar-refractivity contribution is -0.117. The quantitative estimate of drug-likeness (QED) is 0.275. The van der Waals surface area contributed by atoms with E-state index in [1.54, 1.807) is 27.7 Å². The van der Waals surface area contributed by atoms with Crippen LogP contribution in [0.1, 0.15) is 40.8 Å². The zero-order valence-electron chi connectivity index (χ0n) is 23.3. The summed E-state index contributed by atoms with van der Waals surface area (Å²) < 4.78 is 63.2. The minimum absolute atomic E-state index is 0.0698. The van der Waals surface area contributed by atoms with Gasteiger partial charge in [0, 0.05) is 12.3 Å². The second kappa shape index (κ2) is 12.4. The molecular formula is C23H34FN6O9PS. The maximum absolute atomic E-state index is 16.3. The number of phosphoric ester groups is 1. The van der Waals surface area contributed by atoms with E-state index in [1.165, 1.54) is 17.8 Å². The Balaban J connectivity index is 1.36. The monoisotopic (exact) mass is 620 g/mol. The van der Waals surface area contributed by atoms with Gasteiger partial charge in [0.1, 0.15) is 12.2 Å². The molecule has 2 aromatic rings. The number of carbonyl (C=O) groups excluding carboxylic acids is 2. The number of rotatable bonds is 11. The number of nitrogen functional groups attached to an aromatic ring is 1. The number of phosphoric acid groups is 1. The fraction of sp³-hybridized carbons (Fsp3) is 0.696. The molecule has 0 spiro atoms. The summed E-state index contributed by atoms with van der Waals surface area (Å²) in [4.78, 5) is 36.6. The van der Waals surface area contributed by atoms with Crippen molar-refractivity contribution < 1.29 is 46.3 Å². The molecule has 228 valence electrons. The number of nitrogens with zero attached hydrogens (tertiary/aromatic N) is 4. The van der Waals surface area contributed by atoms with Crippen LogP contribution in [0.3, 0.4) is 0 Å². The van der Waals surface area contributed by atoms with Crippen LogP contribution in [0.5, 0.6) is 5.88 Å². The smallest absolute Gasteiger partial charge is 0.475 e. The maximum Gasteiger partial charge on any atom is 0.475 e. The molecule has 4 heterocycles. The molecule has 18 heteroatoms. The first kappa shape index (κ1) is 31.4. The number of carbonyl (C=O) groups is 2. The van der Waals surface area contributed by atoms with E-state index in [2.05, 4.69) is 20.3 Å². The number of nitrogens with two attached hydrogens (primary N) is 1. The molecule has 2 aliphatic rings. The van der Waals surface area contributed by atoms with Crippen LogP contribution in [-0.4, -0.2) is 87.3 Å². The van der Waals surface area contributed by atoms with Crippen molar-refractivity contribution in [2.45, 2.75) is 58.7 Å². The zero-order valence-corrected chi connectivity index (χ0v) is 25.0. The predicted octanol–water partition coefficient (Wildman–Crippen LogP) is 3.00. The van der Waals surface area contributed by atoms with Gasteiger partial charge in [-0.25, -0.2) is 18.7 Å². The molecule has 2 aromatic heterocycles. The Morgan fingerprint density at radius 3 is 2.80 bits per heavy atom. The van der Waals surface area contributed by atoms with Gasteiger partial charge in [-0.05, 0) is 20.8 Å². The van der Waals surface area contributed by atoms with Gasteiger partial charge < -0.3 is 25.3 Å². The van der Waals surface area contributed by atoms with Crippen molar-refractivity contribution in [3.05, 3.63) is 6.33 Å². The van der Waals surface area contributed by atoms with Crippen molar-refractivity contribution in [2.75, 3.05) is 44.5 Å². The maximum atomic E-state index is 16.3. The van der Waals surface area contributed by atoms with E-state index < -0.39 is 43.4 Å². The lowest BCUT2D eigenvalue weighted by Gasteiger charge is -2.33. The summed E-state index contributed by atoms with van der Waals surface area (Å²) in [6.45, 7) is 8.19. The molecule has 5 atom stereocenters. The van der Waals surface area contributed by atoms with E-state index in [0.717, 1.165) is 11.8 Å². The Morgan fingerprint density at radius 2 is 2.10 bits per heavy atom. The van der Waals surface area contributed by atoms with Crippen molar-refractivity contribution in [3.63, 3.8) is 0 Å². The molecule has 0 bridgehead atoms. The third-order valence-corrected chi connectivity index (χ3v) is 8.96. The fourth-order valence-electron chi connectivity index (χ4n) is 4.25. The Bertz CT molecular complexity index is 1330. The van der Waals surface area contributed by atoms with Crippen molar-refractivity contribution in [3.8, 4) is 5.88 Å². The molecule has 2 aliphatic heterocycles. The SMILES string of the molecule is CCOC(=O)NCC(C)(C)C(=O)SCCO[P@]1(=O)OC[C@H]2O[C@@H](n3cnc4c(OCC)nc(N)nc43)[C@](C)(F)[C@@H]2O1. The molecule has 15 nitrogen and oxygen atoms in total. The molecule has 0 unspecified atom stereocenters. The van der Waals surface area contributed by atoms with Gasteiger partial charge >= 0.3 is 13.9 Å². The summed E-state index contributed by atoms with van der Waals surface area (Å²) in [5.41, 5.74) is 3.17. The van der Waals surface area contributed by atoms with Crippen LogP contribution >= 0.6 is 19.6 Å². The molecule has 0 aliphatic carbocycles. The number of anilines is 1. The van der Waals surface area contributed by atoms with Gasteiger partial charge in [-0.2, -0.15) is 9.97 Å². The van der Waals surface area contributed by atoms with Crippen molar-refractivity contribution in [2.24, 2.45) is 5.41 Å². The van der Waals surface area contributed by atoms with Crippen LogP contribution in [0.4, 0.5) is 15.1 Å². The average Bonchev–Trinajstić information content (AvgIpc) is 3.43. The Labute approximate surface area is 239 Å². The molecule has 2 saturated heterocycles. The first-order chi connectivity index (χ1) is 19.3. The van der Waals surface area contributed by atoms with Gasteiger partial charge in [0.25, 0.3) is 0 Å². The van der Waals surface area contributed by atoms with Crippen molar-refractivity contribution >= 4 is 47.9 Å². The van der Waals surface area contributed by atoms with E-state index >= 15 is 4.39 Å². The third-order valence-electron chi connectivity index (χ3n) is 6.33. The molecule has 0 aromatic carbocycles. The number of alkyl halides is 1. The number of alkyl carbamates (subject to hydrolysis) is 1. The lowest BCUT2D eigenvalue weighted by Crippen LogP contribution is -2.44.